The minimum atomic E-state index is -1.59. The van der Waals surface area contributed by atoms with Crippen molar-refractivity contribution in [3.63, 3.8) is 0 Å². The molecular formula is C20H34N4O9S. The first-order chi connectivity index (χ1) is 15.8. The Labute approximate surface area is 201 Å². The van der Waals surface area contributed by atoms with E-state index in [9.17, 15) is 33.9 Å². The highest BCUT2D eigenvalue weighted by molar-refractivity contribution is 7.98. The second kappa shape index (κ2) is 15.9. The van der Waals surface area contributed by atoms with Crippen LogP contribution in [0.3, 0.4) is 0 Å². The molecule has 0 fully saturated rings. The average molecular weight is 507 g/mol. The molecule has 0 aliphatic carbocycles. The smallest absolute Gasteiger partial charge is 0.326 e. The highest BCUT2D eigenvalue weighted by Gasteiger charge is 2.32. The van der Waals surface area contributed by atoms with Gasteiger partial charge in [-0.15, -0.1) is 0 Å². The summed E-state index contributed by atoms with van der Waals surface area (Å²) in [5.41, 5.74) is 5.83. The van der Waals surface area contributed by atoms with Crippen molar-refractivity contribution in [2.45, 2.75) is 70.1 Å². The zero-order valence-corrected chi connectivity index (χ0v) is 20.2. The third kappa shape index (κ3) is 11.8. The van der Waals surface area contributed by atoms with Gasteiger partial charge in [0.25, 0.3) is 0 Å². The summed E-state index contributed by atoms with van der Waals surface area (Å²) in [4.78, 5) is 71.4. The highest BCUT2D eigenvalue weighted by atomic mass is 32.2. The van der Waals surface area contributed by atoms with Gasteiger partial charge in [0.15, 0.2) is 0 Å². The number of amides is 3. The molecule has 0 bridgehead atoms. The van der Waals surface area contributed by atoms with E-state index < -0.39 is 72.6 Å². The summed E-state index contributed by atoms with van der Waals surface area (Å²) < 4.78 is 0. The molecule has 0 aliphatic rings. The number of carbonyl (C=O) groups excluding carboxylic acids is 3. The molecule has 0 spiro atoms. The number of nitrogens with two attached hydrogens (primary N) is 1. The van der Waals surface area contributed by atoms with Crippen molar-refractivity contribution in [1.29, 1.82) is 0 Å². The van der Waals surface area contributed by atoms with Crippen molar-refractivity contribution in [2.75, 3.05) is 12.0 Å². The molecule has 0 radical (unpaired) electrons. The Morgan fingerprint density at radius 2 is 1.35 bits per heavy atom. The van der Waals surface area contributed by atoms with Gasteiger partial charge in [-0.25, -0.2) is 4.79 Å². The van der Waals surface area contributed by atoms with Crippen LogP contribution in [0.25, 0.3) is 0 Å². The summed E-state index contributed by atoms with van der Waals surface area (Å²) in [6.45, 7) is 3.51. The van der Waals surface area contributed by atoms with Crippen molar-refractivity contribution < 1.29 is 44.1 Å². The van der Waals surface area contributed by atoms with E-state index in [1.165, 1.54) is 11.8 Å². The molecule has 0 saturated carbocycles. The van der Waals surface area contributed by atoms with E-state index in [1.807, 2.05) is 0 Å². The SMILES string of the molecule is CCC(C)C(N)C(=O)NC(CC(=O)O)C(=O)NC(CCC(=O)O)C(=O)NC(CCSC)C(=O)O. The second-order valence-corrected chi connectivity index (χ2v) is 8.73. The molecule has 0 rings (SSSR count). The largest absolute Gasteiger partial charge is 0.481 e. The molecule has 14 heteroatoms. The number of carboxylic acid groups (broad SMARTS) is 3. The van der Waals surface area contributed by atoms with Gasteiger partial charge in [-0.2, -0.15) is 11.8 Å². The van der Waals surface area contributed by atoms with E-state index in [0.29, 0.717) is 12.2 Å². The molecule has 0 aromatic heterocycles. The Balaban J connectivity index is 5.59. The Bertz CT molecular complexity index is 750. The number of nitrogens with one attached hydrogen (secondary N) is 3. The highest BCUT2D eigenvalue weighted by Crippen LogP contribution is 2.08. The summed E-state index contributed by atoms with van der Waals surface area (Å²) in [6.07, 6.45) is 0.665. The van der Waals surface area contributed by atoms with E-state index >= 15 is 0 Å². The van der Waals surface area contributed by atoms with Gasteiger partial charge in [0, 0.05) is 6.42 Å². The molecule has 8 N–H and O–H groups in total. The lowest BCUT2D eigenvalue weighted by atomic mass is 9.99. The van der Waals surface area contributed by atoms with Crippen LogP contribution in [-0.2, 0) is 28.8 Å². The van der Waals surface area contributed by atoms with Gasteiger partial charge in [0.2, 0.25) is 17.7 Å². The van der Waals surface area contributed by atoms with E-state index in [-0.39, 0.29) is 18.8 Å². The van der Waals surface area contributed by atoms with Crippen LogP contribution in [0.1, 0.15) is 46.0 Å². The normalized spacial score (nSPS) is 15.2. The van der Waals surface area contributed by atoms with Crippen LogP contribution < -0.4 is 21.7 Å². The standard InChI is InChI=1S/C20H34N4O9S/c1-4-10(2)16(21)19(31)24-13(9-15(27)28)18(30)22-11(5-6-14(25)26)17(29)23-12(20(32)33)7-8-34-3/h10-13,16H,4-9,21H2,1-3H3,(H,22,30)(H,23,29)(H,24,31)(H,25,26)(H,27,28)(H,32,33). The van der Waals surface area contributed by atoms with Gasteiger partial charge in [0.1, 0.15) is 18.1 Å². The van der Waals surface area contributed by atoms with Crippen LogP contribution in [0.2, 0.25) is 0 Å². The Hall–Kier alpha value is -2.87. The minimum Gasteiger partial charge on any atom is -0.481 e. The van der Waals surface area contributed by atoms with Crippen LogP contribution in [-0.4, -0.2) is 87.1 Å². The summed E-state index contributed by atoms with van der Waals surface area (Å²) >= 11 is 1.36. The molecule has 194 valence electrons. The molecule has 13 nitrogen and oxygen atoms in total. The van der Waals surface area contributed by atoms with Crippen molar-refractivity contribution in [2.24, 2.45) is 11.7 Å². The van der Waals surface area contributed by atoms with Crippen LogP contribution in [0.4, 0.5) is 0 Å². The van der Waals surface area contributed by atoms with E-state index in [1.54, 1.807) is 20.1 Å². The fourth-order valence-corrected chi connectivity index (χ4v) is 3.21. The van der Waals surface area contributed by atoms with Crippen LogP contribution in [0, 0.1) is 5.92 Å². The van der Waals surface area contributed by atoms with Gasteiger partial charge in [-0.3, -0.25) is 24.0 Å². The minimum absolute atomic E-state index is 0.0903. The van der Waals surface area contributed by atoms with Crippen LogP contribution in [0.15, 0.2) is 0 Å². The molecule has 0 aromatic carbocycles. The zero-order valence-electron chi connectivity index (χ0n) is 19.4. The Morgan fingerprint density at radius 3 is 1.82 bits per heavy atom. The maximum absolute atomic E-state index is 12.8. The predicted octanol–water partition coefficient (Wildman–Crippen LogP) is -1.01. The van der Waals surface area contributed by atoms with Crippen molar-refractivity contribution >= 4 is 47.4 Å². The molecular weight excluding hydrogens is 472 g/mol. The van der Waals surface area contributed by atoms with Gasteiger partial charge < -0.3 is 37.0 Å². The molecule has 0 saturated heterocycles. The van der Waals surface area contributed by atoms with E-state index in [0.717, 1.165) is 0 Å². The number of hydrogen-bond donors (Lipinski definition) is 7. The number of thioether (sulfide) groups is 1. The van der Waals surface area contributed by atoms with Gasteiger partial charge in [-0.1, -0.05) is 20.3 Å². The molecule has 0 heterocycles. The molecule has 34 heavy (non-hydrogen) atoms. The summed E-state index contributed by atoms with van der Waals surface area (Å²) in [5.74, 6) is -6.56. The van der Waals surface area contributed by atoms with Crippen LogP contribution in [0.5, 0.6) is 0 Å². The fraction of sp³-hybridized carbons (Fsp3) is 0.700. The fourth-order valence-electron chi connectivity index (χ4n) is 2.74. The lowest BCUT2D eigenvalue weighted by Crippen LogP contribution is -2.58. The van der Waals surface area contributed by atoms with Gasteiger partial charge >= 0.3 is 17.9 Å². The topological polar surface area (TPSA) is 225 Å². The number of hydrogen-bond acceptors (Lipinski definition) is 8. The quantitative estimate of drug-likeness (QED) is 0.126. The van der Waals surface area contributed by atoms with Crippen molar-refractivity contribution in [3.05, 3.63) is 0 Å². The Morgan fingerprint density at radius 1 is 0.824 bits per heavy atom. The van der Waals surface area contributed by atoms with Crippen LogP contribution >= 0.6 is 11.8 Å². The summed E-state index contributed by atoms with van der Waals surface area (Å²) in [7, 11) is 0. The zero-order chi connectivity index (χ0) is 26.4. The monoisotopic (exact) mass is 506 g/mol. The lowest BCUT2D eigenvalue weighted by Gasteiger charge is -2.25. The first-order valence-corrected chi connectivity index (χ1v) is 12.0. The number of aliphatic carboxylic acids is 3. The third-order valence-corrected chi connectivity index (χ3v) is 5.72. The van der Waals surface area contributed by atoms with Crippen molar-refractivity contribution in [3.8, 4) is 0 Å². The second-order valence-electron chi connectivity index (χ2n) is 7.74. The first-order valence-electron chi connectivity index (χ1n) is 10.7. The molecule has 5 atom stereocenters. The van der Waals surface area contributed by atoms with E-state index in [4.69, 9.17) is 15.9 Å². The molecule has 0 aromatic rings. The Kier molecular flexibility index (Phi) is 14.5. The average Bonchev–Trinajstić information content (AvgIpc) is 2.76. The lowest BCUT2D eigenvalue weighted by molar-refractivity contribution is -0.143. The number of rotatable bonds is 17. The number of carbonyl (C=O) groups is 6. The van der Waals surface area contributed by atoms with Crippen molar-refractivity contribution in [1.82, 2.24) is 16.0 Å². The summed E-state index contributed by atoms with van der Waals surface area (Å²) in [6, 6.07) is -5.34. The third-order valence-electron chi connectivity index (χ3n) is 5.08. The first kappa shape index (κ1) is 31.1. The maximum Gasteiger partial charge on any atom is 0.326 e. The van der Waals surface area contributed by atoms with E-state index in [2.05, 4.69) is 16.0 Å². The molecule has 3 amide bonds. The molecule has 5 unspecified atom stereocenters. The van der Waals surface area contributed by atoms with Gasteiger partial charge in [0.05, 0.1) is 12.5 Å². The molecule has 0 aliphatic heterocycles. The van der Waals surface area contributed by atoms with Gasteiger partial charge in [-0.05, 0) is 30.8 Å². The maximum atomic E-state index is 12.8. The number of carboxylic acids is 3. The predicted molar refractivity (Wildman–Crippen MR) is 123 cm³/mol. The summed E-state index contributed by atoms with van der Waals surface area (Å²) in [5, 5.41) is 34.1.